The zero-order valence-electron chi connectivity index (χ0n) is 12.7. The average molecular weight is 443 g/mol. The second-order valence-electron chi connectivity index (χ2n) is 4.73. The third kappa shape index (κ3) is 4.33. The molecule has 0 aliphatic rings. The highest BCUT2D eigenvalue weighted by molar-refractivity contribution is 7.92. The average Bonchev–Trinajstić information content (AvgIpc) is 2.55. The van der Waals surface area contributed by atoms with Gasteiger partial charge in [0.05, 0.1) is 37.8 Å². The second kappa shape index (κ2) is 8.01. The zero-order valence-corrected chi connectivity index (χ0v) is 16.5. The number of rotatable bonds is 5. The molecule has 10 heteroatoms. The molecule has 0 aromatic heterocycles. The number of anilines is 1. The number of sulfonamides is 1. The van der Waals surface area contributed by atoms with Crippen molar-refractivity contribution in [3.05, 3.63) is 56.5 Å². The first-order valence-corrected chi connectivity index (χ1v) is 9.62. The van der Waals surface area contributed by atoms with Gasteiger partial charge in [0.1, 0.15) is 6.54 Å². The van der Waals surface area contributed by atoms with Crippen molar-refractivity contribution >= 4 is 68.1 Å². The Morgan fingerprint density at radius 1 is 1.00 bits per heavy atom. The molecule has 0 bridgehead atoms. The van der Waals surface area contributed by atoms with Crippen molar-refractivity contribution in [1.82, 2.24) is 0 Å². The van der Waals surface area contributed by atoms with Gasteiger partial charge < -0.3 is 4.74 Å². The molecule has 0 amide bonds. The van der Waals surface area contributed by atoms with Crippen LogP contribution in [0, 0.1) is 0 Å². The lowest BCUT2D eigenvalue weighted by Gasteiger charge is -2.25. The normalized spacial score (nSPS) is 11.2. The molecule has 0 N–H and O–H groups in total. The van der Waals surface area contributed by atoms with Crippen LogP contribution in [-0.4, -0.2) is 28.0 Å². The number of carbonyl (C=O) groups is 1. The van der Waals surface area contributed by atoms with E-state index in [0.29, 0.717) is 0 Å². The molecule has 2 aromatic rings. The molecule has 2 rings (SSSR count). The first kappa shape index (κ1) is 20.1. The molecule has 0 aliphatic heterocycles. The molecular weight excluding hydrogens is 432 g/mol. The van der Waals surface area contributed by atoms with Crippen LogP contribution >= 0.6 is 46.4 Å². The number of hydrogen-bond donors (Lipinski definition) is 0. The van der Waals surface area contributed by atoms with Gasteiger partial charge in [-0.1, -0.05) is 52.5 Å². The lowest BCUT2D eigenvalue weighted by Crippen LogP contribution is -2.36. The molecule has 0 radical (unpaired) electrons. The molecule has 0 unspecified atom stereocenters. The highest BCUT2D eigenvalue weighted by Crippen LogP contribution is 2.37. The third-order valence-corrected chi connectivity index (χ3v) is 6.26. The number of benzene rings is 2. The fraction of sp³-hybridized carbons (Fsp3) is 0.133. The summed E-state index contributed by atoms with van der Waals surface area (Å²) in [5.41, 5.74) is -0.0395. The zero-order chi connectivity index (χ0) is 18.8. The summed E-state index contributed by atoms with van der Waals surface area (Å²) in [7, 11) is -3.08. The van der Waals surface area contributed by atoms with Gasteiger partial charge in [-0.3, -0.25) is 9.10 Å². The molecule has 0 saturated carbocycles. The molecule has 2 aromatic carbocycles. The summed E-state index contributed by atoms with van der Waals surface area (Å²) in [6, 6.07) is 8.24. The summed E-state index contributed by atoms with van der Waals surface area (Å²) in [5.74, 6) is -0.792. The van der Waals surface area contributed by atoms with E-state index in [1.54, 1.807) is 6.07 Å². The van der Waals surface area contributed by atoms with E-state index in [0.717, 1.165) is 11.4 Å². The Balaban J connectivity index is 2.66. The lowest BCUT2D eigenvalue weighted by molar-refractivity contribution is -0.138. The number of carbonyl (C=O) groups excluding carboxylic acids is 1. The molecule has 0 aliphatic carbocycles. The Morgan fingerprint density at radius 3 is 2.12 bits per heavy atom. The van der Waals surface area contributed by atoms with Crippen molar-refractivity contribution in [1.29, 1.82) is 0 Å². The van der Waals surface area contributed by atoms with Crippen LogP contribution in [0.1, 0.15) is 0 Å². The van der Waals surface area contributed by atoms with Crippen LogP contribution in [0.5, 0.6) is 0 Å². The van der Waals surface area contributed by atoms with Crippen LogP contribution in [0.15, 0.2) is 41.3 Å². The molecule has 5 nitrogen and oxygen atoms in total. The molecular formula is C15H11Cl4NO4S. The highest BCUT2D eigenvalue weighted by atomic mass is 35.5. The molecule has 0 heterocycles. The molecule has 25 heavy (non-hydrogen) atoms. The van der Waals surface area contributed by atoms with Crippen LogP contribution < -0.4 is 4.31 Å². The maximum absolute atomic E-state index is 13.1. The van der Waals surface area contributed by atoms with Gasteiger partial charge >= 0.3 is 5.97 Å². The van der Waals surface area contributed by atoms with Crippen molar-refractivity contribution in [2.45, 2.75) is 4.90 Å². The van der Waals surface area contributed by atoms with Crippen molar-refractivity contribution in [2.24, 2.45) is 0 Å². The summed E-state index contributed by atoms with van der Waals surface area (Å²) >= 11 is 24.0. The van der Waals surface area contributed by atoms with Gasteiger partial charge in [0.15, 0.2) is 0 Å². The van der Waals surface area contributed by atoms with E-state index >= 15 is 0 Å². The van der Waals surface area contributed by atoms with Crippen molar-refractivity contribution in [2.75, 3.05) is 18.0 Å². The minimum absolute atomic E-state index is 0.0395. The fourth-order valence-electron chi connectivity index (χ4n) is 1.96. The quantitative estimate of drug-likeness (QED) is 0.631. The highest BCUT2D eigenvalue weighted by Gasteiger charge is 2.31. The Kier molecular flexibility index (Phi) is 6.45. The maximum atomic E-state index is 13.1. The van der Waals surface area contributed by atoms with Crippen molar-refractivity contribution in [3.63, 3.8) is 0 Å². The molecule has 134 valence electrons. The standard InChI is InChI=1S/C15H11Cl4NO4S/c1-24-14(21)8-20(15-11(17)3-2-4-12(15)18)25(22,23)9-5-6-10(16)13(19)7-9/h2-7H,8H2,1H3. The van der Waals surface area contributed by atoms with Gasteiger partial charge in [-0.05, 0) is 30.3 Å². The summed E-state index contributed by atoms with van der Waals surface area (Å²) in [5, 5.41) is 0.349. The number of para-hydroxylation sites is 1. The summed E-state index contributed by atoms with van der Waals surface area (Å²) in [4.78, 5) is 11.6. The van der Waals surface area contributed by atoms with E-state index in [1.165, 1.54) is 30.3 Å². The van der Waals surface area contributed by atoms with Gasteiger partial charge in [0.25, 0.3) is 10.0 Å². The number of methoxy groups -OCH3 is 1. The monoisotopic (exact) mass is 441 g/mol. The van der Waals surface area contributed by atoms with Crippen LogP contribution in [0.2, 0.25) is 20.1 Å². The van der Waals surface area contributed by atoms with Crippen LogP contribution in [0.3, 0.4) is 0 Å². The smallest absolute Gasteiger partial charge is 0.326 e. The minimum atomic E-state index is -4.22. The van der Waals surface area contributed by atoms with Gasteiger partial charge in [0, 0.05) is 0 Å². The van der Waals surface area contributed by atoms with E-state index in [4.69, 9.17) is 46.4 Å². The Labute approximate surface area is 165 Å². The lowest BCUT2D eigenvalue weighted by atomic mass is 10.3. The molecule has 0 saturated heterocycles. The molecule has 0 atom stereocenters. The predicted molar refractivity (Wildman–Crippen MR) is 99.5 cm³/mol. The molecule has 0 spiro atoms. The largest absolute Gasteiger partial charge is 0.468 e. The summed E-state index contributed by atoms with van der Waals surface area (Å²) in [6.45, 7) is -0.622. The van der Waals surface area contributed by atoms with Crippen LogP contribution in [0.25, 0.3) is 0 Å². The van der Waals surface area contributed by atoms with E-state index in [1.807, 2.05) is 0 Å². The maximum Gasteiger partial charge on any atom is 0.326 e. The topological polar surface area (TPSA) is 63.7 Å². The number of nitrogens with zero attached hydrogens (tertiary/aromatic N) is 1. The van der Waals surface area contributed by atoms with Gasteiger partial charge in [-0.15, -0.1) is 0 Å². The first-order chi connectivity index (χ1) is 11.7. The number of hydrogen-bond acceptors (Lipinski definition) is 4. The van der Waals surface area contributed by atoms with E-state index < -0.39 is 22.5 Å². The second-order valence-corrected chi connectivity index (χ2v) is 8.23. The third-order valence-electron chi connectivity index (χ3n) is 3.17. The number of esters is 1. The van der Waals surface area contributed by atoms with Crippen LogP contribution in [0.4, 0.5) is 5.69 Å². The van der Waals surface area contributed by atoms with Crippen molar-refractivity contribution < 1.29 is 17.9 Å². The predicted octanol–water partition coefficient (Wildman–Crippen LogP) is 4.67. The first-order valence-electron chi connectivity index (χ1n) is 6.67. The number of halogens is 4. The summed E-state index contributed by atoms with van der Waals surface area (Å²) < 4.78 is 31.4. The van der Waals surface area contributed by atoms with E-state index in [9.17, 15) is 13.2 Å². The minimum Gasteiger partial charge on any atom is -0.468 e. The number of ether oxygens (including phenoxy) is 1. The van der Waals surface area contributed by atoms with Gasteiger partial charge in [0.2, 0.25) is 0 Å². The Morgan fingerprint density at radius 2 is 1.60 bits per heavy atom. The molecule has 0 fully saturated rings. The van der Waals surface area contributed by atoms with E-state index in [-0.39, 0.29) is 30.7 Å². The fourth-order valence-corrected chi connectivity index (χ4v) is 4.50. The summed E-state index contributed by atoms with van der Waals surface area (Å²) in [6.07, 6.45) is 0. The van der Waals surface area contributed by atoms with E-state index in [2.05, 4.69) is 4.74 Å². The Bertz CT molecular complexity index is 897. The Hall–Kier alpha value is -1.18. The van der Waals surface area contributed by atoms with Gasteiger partial charge in [-0.25, -0.2) is 8.42 Å². The van der Waals surface area contributed by atoms with Gasteiger partial charge in [-0.2, -0.15) is 0 Å². The van der Waals surface area contributed by atoms with Crippen LogP contribution in [-0.2, 0) is 19.6 Å². The van der Waals surface area contributed by atoms with Crippen molar-refractivity contribution in [3.8, 4) is 0 Å². The SMILES string of the molecule is COC(=O)CN(c1c(Cl)cccc1Cl)S(=O)(=O)c1ccc(Cl)c(Cl)c1.